The molecule has 0 aromatic heterocycles. The Morgan fingerprint density at radius 3 is 1.65 bits per heavy atom. The molecule has 0 rings (SSSR count). The topological polar surface area (TPSA) is 67.4 Å². The third-order valence-electron chi connectivity index (χ3n) is 4.01. The molecule has 0 radical (unpaired) electrons. The molecular formula is C17H41NO6Si2. The summed E-state index contributed by atoms with van der Waals surface area (Å²) in [6.07, 6.45) is 0.955. The molecule has 0 spiro atoms. The highest BCUT2D eigenvalue weighted by Crippen LogP contribution is 2.21. The van der Waals surface area contributed by atoms with Gasteiger partial charge in [0.2, 0.25) is 0 Å². The van der Waals surface area contributed by atoms with Gasteiger partial charge in [-0.15, -0.1) is 0 Å². The first-order valence-corrected chi connectivity index (χ1v) is 13.7. The first-order chi connectivity index (χ1) is 12.5. The highest BCUT2D eigenvalue weighted by Gasteiger charge is 2.41. The molecule has 26 heavy (non-hydrogen) atoms. The average molecular weight is 412 g/mol. The minimum atomic E-state index is -2.55. The lowest BCUT2D eigenvalue weighted by molar-refractivity contribution is 0.0827. The van der Waals surface area contributed by atoms with E-state index in [2.05, 4.69) is 12.2 Å². The van der Waals surface area contributed by atoms with Crippen molar-refractivity contribution in [2.24, 2.45) is 5.92 Å². The predicted molar refractivity (Wildman–Crippen MR) is 108 cm³/mol. The second-order valence-electron chi connectivity index (χ2n) is 6.12. The second-order valence-corrected chi connectivity index (χ2v) is 11.7. The molecule has 158 valence electrons. The number of hydrogen-bond donors (Lipinski definition) is 1. The van der Waals surface area contributed by atoms with Crippen LogP contribution < -0.4 is 5.32 Å². The summed E-state index contributed by atoms with van der Waals surface area (Å²) in [5.41, 5.74) is 0. The third kappa shape index (κ3) is 9.91. The Kier molecular flexibility index (Phi) is 15.2. The molecule has 0 aliphatic heterocycles. The van der Waals surface area contributed by atoms with E-state index in [0.29, 0.717) is 32.3 Å². The highest BCUT2D eigenvalue weighted by molar-refractivity contribution is 6.61. The molecule has 0 aliphatic rings. The molecule has 0 saturated heterocycles. The van der Waals surface area contributed by atoms with E-state index < -0.39 is 17.6 Å². The first kappa shape index (κ1) is 26.2. The van der Waals surface area contributed by atoms with Gasteiger partial charge in [0, 0.05) is 52.7 Å². The zero-order valence-electron chi connectivity index (χ0n) is 17.9. The van der Waals surface area contributed by atoms with Gasteiger partial charge in [-0.1, -0.05) is 6.92 Å². The van der Waals surface area contributed by atoms with Crippen LogP contribution in [-0.2, 0) is 26.6 Å². The molecule has 0 saturated carbocycles. The molecule has 0 fully saturated rings. The van der Waals surface area contributed by atoms with Crippen LogP contribution in [0.15, 0.2) is 0 Å². The van der Waals surface area contributed by atoms with E-state index in [1.807, 2.05) is 27.7 Å². The van der Waals surface area contributed by atoms with Crippen LogP contribution in [-0.4, -0.2) is 71.3 Å². The summed E-state index contributed by atoms with van der Waals surface area (Å²) in [4.78, 5) is 0. The Balaban J connectivity index is 4.29. The van der Waals surface area contributed by atoms with E-state index in [0.717, 1.165) is 31.6 Å². The lowest BCUT2D eigenvalue weighted by atomic mass is 10.2. The SMILES string of the molecule is CCO[Si](CCCNCC(C)C[Si](OC)(OCC)OCC)(OC)OCC. The van der Waals surface area contributed by atoms with Gasteiger partial charge in [-0.05, 0) is 53.1 Å². The molecule has 1 atom stereocenters. The zero-order valence-corrected chi connectivity index (χ0v) is 19.9. The van der Waals surface area contributed by atoms with Crippen LogP contribution >= 0.6 is 0 Å². The van der Waals surface area contributed by atoms with Crippen molar-refractivity contribution in [2.45, 2.75) is 53.1 Å². The van der Waals surface area contributed by atoms with E-state index in [1.165, 1.54) is 0 Å². The van der Waals surface area contributed by atoms with Crippen LogP contribution in [0.1, 0.15) is 41.0 Å². The predicted octanol–water partition coefficient (Wildman–Crippen LogP) is 2.92. The van der Waals surface area contributed by atoms with Gasteiger partial charge in [0.25, 0.3) is 0 Å². The van der Waals surface area contributed by atoms with Crippen LogP contribution in [0.25, 0.3) is 0 Å². The smallest absolute Gasteiger partial charge is 0.377 e. The van der Waals surface area contributed by atoms with Crippen LogP contribution in [0.4, 0.5) is 0 Å². The van der Waals surface area contributed by atoms with E-state index in [9.17, 15) is 0 Å². The van der Waals surface area contributed by atoms with Gasteiger partial charge in [-0.2, -0.15) is 0 Å². The Morgan fingerprint density at radius 2 is 1.23 bits per heavy atom. The fraction of sp³-hybridized carbons (Fsp3) is 1.00. The van der Waals surface area contributed by atoms with Crippen molar-refractivity contribution >= 4 is 17.6 Å². The molecule has 1 unspecified atom stereocenters. The minimum Gasteiger partial charge on any atom is -0.377 e. The molecular weight excluding hydrogens is 370 g/mol. The molecule has 0 aromatic carbocycles. The van der Waals surface area contributed by atoms with Crippen LogP contribution in [0.5, 0.6) is 0 Å². The number of nitrogens with one attached hydrogen (secondary N) is 1. The summed E-state index contributed by atoms with van der Waals surface area (Å²) in [6.45, 7) is 14.3. The lowest BCUT2D eigenvalue weighted by Gasteiger charge is -2.29. The monoisotopic (exact) mass is 411 g/mol. The van der Waals surface area contributed by atoms with E-state index in [-0.39, 0.29) is 0 Å². The second kappa shape index (κ2) is 15.1. The normalized spacial score (nSPS) is 14.0. The maximum Gasteiger partial charge on any atom is 0.500 e. The fourth-order valence-corrected chi connectivity index (χ4v) is 7.82. The van der Waals surface area contributed by atoms with Gasteiger partial charge in [0.1, 0.15) is 0 Å². The largest absolute Gasteiger partial charge is 0.500 e. The molecule has 7 nitrogen and oxygen atoms in total. The molecule has 9 heteroatoms. The molecule has 0 amide bonds. The quantitative estimate of drug-likeness (QED) is 0.275. The van der Waals surface area contributed by atoms with Crippen molar-refractivity contribution in [2.75, 3.05) is 53.7 Å². The fourth-order valence-electron chi connectivity index (χ4n) is 2.92. The lowest BCUT2D eigenvalue weighted by Crippen LogP contribution is -2.47. The minimum absolute atomic E-state index is 0.405. The first-order valence-electron chi connectivity index (χ1n) is 9.83. The summed E-state index contributed by atoms with van der Waals surface area (Å²) >= 11 is 0. The number of hydrogen-bond acceptors (Lipinski definition) is 7. The van der Waals surface area contributed by atoms with Gasteiger partial charge < -0.3 is 31.9 Å². The summed E-state index contributed by atoms with van der Waals surface area (Å²) in [5.74, 6) is 0.405. The average Bonchev–Trinajstić information content (AvgIpc) is 2.62. The van der Waals surface area contributed by atoms with Gasteiger partial charge in [-0.3, -0.25) is 0 Å². The van der Waals surface area contributed by atoms with E-state index in [1.54, 1.807) is 14.2 Å². The summed E-state index contributed by atoms with van der Waals surface area (Å²) in [7, 11) is -1.68. The van der Waals surface area contributed by atoms with Gasteiger partial charge in [-0.25, -0.2) is 0 Å². The van der Waals surface area contributed by atoms with Crippen LogP contribution in [0.2, 0.25) is 12.1 Å². The Labute approximate surface area is 162 Å². The van der Waals surface area contributed by atoms with E-state index in [4.69, 9.17) is 26.6 Å². The molecule has 0 heterocycles. The summed E-state index contributed by atoms with van der Waals surface area (Å²) in [5, 5.41) is 3.51. The van der Waals surface area contributed by atoms with Crippen molar-refractivity contribution in [1.82, 2.24) is 5.32 Å². The van der Waals surface area contributed by atoms with E-state index >= 15 is 0 Å². The van der Waals surface area contributed by atoms with Gasteiger partial charge in [0.15, 0.2) is 0 Å². The van der Waals surface area contributed by atoms with Crippen molar-refractivity contribution in [3.05, 3.63) is 0 Å². The van der Waals surface area contributed by atoms with Gasteiger partial charge in [0.05, 0.1) is 0 Å². The maximum atomic E-state index is 5.85. The third-order valence-corrected chi connectivity index (χ3v) is 10.3. The standard InChI is InChI=1S/C17H41NO6Si2/c1-8-21-25(19-6,22-9-2)14-12-13-18-15-17(5)16-26(20-7,23-10-3)24-11-4/h17-18H,8-16H2,1-7H3. The summed E-state index contributed by atoms with van der Waals surface area (Å²) in [6, 6.07) is 1.63. The highest BCUT2D eigenvalue weighted by atomic mass is 28.4. The molecule has 0 aromatic rings. The maximum absolute atomic E-state index is 5.85. The molecule has 0 aliphatic carbocycles. The zero-order chi connectivity index (χ0) is 19.9. The van der Waals surface area contributed by atoms with Crippen molar-refractivity contribution in [1.29, 1.82) is 0 Å². The van der Waals surface area contributed by atoms with Crippen molar-refractivity contribution in [3.63, 3.8) is 0 Å². The van der Waals surface area contributed by atoms with Crippen molar-refractivity contribution in [3.8, 4) is 0 Å². The van der Waals surface area contributed by atoms with Crippen molar-refractivity contribution < 1.29 is 26.6 Å². The van der Waals surface area contributed by atoms with Crippen LogP contribution in [0.3, 0.4) is 0 Å². The van der Waals surface area contributed by atoms with Gasteiger partial charge >= 0.3 is 17.6 Å². The Hall–Kier alpha value is 0.154. The Morgan fingerprint density at radius 1 is 0.769 bits per heavy atom. The van der Waals surface area contributed by atoms with Crippen LogP contribution in [0, 0.1) is 5.92 Å². The molecule has 0 bridgehead atoms. The Bertz CT molecular complexity index is 326. The molecule has 1 N–H and O–H groups in total. The summed E-state index contributed by atoms with van der Waals surface area (Å²) < 4.78 is 34.6. The number of rotatable bonds is 18.